The van der Waals surface area contributed by atoms with E-state index in [0.717, 1.165) is 43.7 Å². The number of aryl methyl sites for hydroxylation is 1. The zero-order valence-corrected chi connectivity index (χ0v) is 17.9. The van der Waals surface area contributed by atoms with E-state index in [9.17, 15) is 9.32 Å². The Morgan fingerprint density at radius 3 is 2.37 bits per heavy atom. The molecule has 30 heavy (non-hydrogen) atoms. The molecule has 4 rings (SSSR count). The Labute approximate surface area is 179 Å². The van der Waals surface area contributed by atoms with Crippen LogP contribution < -0.4 is 4.74 Å². The molecule has 2 atom stereocenters. The largest absolute Gasteiger partial charge is 0.496 e. The average molecular weight is 417 g/mol. The Bertz CT molecular complexity index is 1200. The summed E-state index contributed by atoms with van der Waals surface area (Å²) in [5.41, 5.74) is 3.68. The topological polar surface area (TPSA) is 46.5 Å². The first kappa shape index (κ1) is 20.3. The lowest BCUT2D eigenvalue weighted by Gasteiger charge is -2.19. The summed E-state index contributed by atoms with van der Waals surface area (Å²) in [5.74, 6) is 0.876. The number of hydrogen-bond acceptors (Lipinski definition) is 3. The van der Waals surface area contributed by atoms with Crippen LogP contribution in [0, 0.1) is 6.92 Å². The van der Waals surface area contributed by atoms with Crippen LogP contribution in [0.15, 0.2) is 89.8 Å². The Morgan fingerprint density at radius 1 is 0.900 bits per heavy atom. The minimum atomic E-state index is -1.30. The van der Waals surface area contributed by atoms with E-state index < -0.39 is 16.9 Å². The van der Waals surface area contributed by atoms with E-state index in [1.54, 1.807) is 7.11 Å². The molecule has 0 aliphatic heterocycles. The van der Waals surface area contributed by atoms with Gasteiger partial charge >= 0.3 is 0 Å². The first-order valence-corrected chi connectivity index (χ1v) is 11.2. The summed E-state index contributed by atoms with van der Waals surface area (Å²) in [6.07, 6.45) is -0.869. The summed E-state index contributed by atoms with van der Waals surface area (Å²) in [6.45, 7) is 2.00. The maximum absolute atomic E-state index is 12.8. The molecule has 4 aromatic rings. The maximum Gasteiger partial charge on any atom is 0.127 e. The second kappa shape index (κ2) is 8.82. The second-order valence-electron chi connectivity index (χ2n) is 7.29. The van der Waals surface area contributed by atoms with Crippen LogP contribution in [-0.4, -0.2) is 22.2 Å². The van der Waals surface area contributed by atoms with Gasteiger partial charge in [0.1, 0.15) is 5.75 Å². The van der Waals surface area contributed by atoms with Crippen LogP contribution in [0.25, 0.3) is 21.9 Å². The lowest BCUT2D eigenvalue weighted by molar-refractivity contribution is 0.203. The Balaban J connectivity index is 1.76. The van der Waals surface area contributed by atoms with Crippen molar-refractivity contribution in [2.75, 3.05) is 12.9 Å². The molecule has 0 aromatic heterocycles. The molecule has 0 heterocycles. The number of methoxy groups -OCH3 is 1. The van der Waals surface area contributed by atoms with E-state index in [1.807, 2.05) is 79.7 Å². The van der Waals surface area contributed by atoms with E-state index in [4.69, 9.17) is 4.74 Å². The Kier molecular flexibility index (Phi) is 5.98. The van der Waals surface area contributed by atoms with Crippen LogP contribution in [0.1, 0.15) is 17.2 Å². The van der Waals surface area contributed by atoms with Crippen LogP contribution in [0.3, 0.4) is 0 Å². The molecule has 4 heteroatoms. The first-order chi connectivity index (χ1) is 14.6. The third kappa shape index (κ3) is 4.02. The second-order valence-corrected chi connectivity index (χ2v) is 8.79. The number of rotatable bonds is 6. The van der Waals surface area contributed by atoms with E-state index in [-0.39, 0.29) is 5.75 Å². The van der Waals surface area contributed by atoms with Gasteiger partial charge in [0.2, 0.25) is 0 Å². The molecule has 0 radical (unpaired) electrons. The van der Waals surface area contributed by atoms with Gasteiger partial charge in [0.15, 0.2) is 0 Å². The fraction of sp³-hybridized carbons (Fsp3) is 0.154. The lowest BCUT2D eigenvalue weighted by atomic mass is 9.92. The number of ether oxygens (including phenoxy) is 1. The first-order valence-electron chi connectivity index (χ1n) is 9.86. The van der Waals surface area contributed by atoms with Crippen LogP contribution in [0.2, 0.25) is 0 Å². The summed E-state index contributed by atoms with van der Waals surface area (Å²) >= 11 is 0. The fourth-order valence-corrected chi connectivity index (χ4v) is 4.83. The van der Waals surface area contributed by atoms with Crippen molar-refractivity contribution in [1.82, 2.24) is 0 Å². The van der Waals surface area contributed by atoms with Crippen molar-refractivity contribution < 1.29 is 14.1 Å². The van der Waals surface area contributed by atoms with Gasteiger partial charge in [0.25, 0.3) is 0 Å². The van der Waals surface area contributed by atoms with Gasteiger partial charge in [-0.05, 0) is 47.0 Å². The molecule has 0 bridgehead atoms. The van der Waals surface area contributed by atoms with Crippen LogP contribution in [-0.2, 0) is 10.8 Å². The van der Waals surface area contributed by atoms with Crippen molar-refractivity contribution in [1.29, 1.82) is 0 Å². The van der Waals surface area contributed by atoms with Crippen molar-refractivity contribution in [3.05, 3.63) is 96.1 Å². The molecule has 0 amide bonds. The summed E-state index contributed by atoms with van der Waals surface area (Å²) in [4.78, 5) is 0.722. The van der Waals surface area contributed by atoms with Gasteiger partial charge in [-0.3, -0.25) is 4.21 Å². The highest BCUT2D eigenvalue weighted by molar-refractivity contribution is 7.85. The highest BCUT2D eigenvalue weighted by Crippen LogP contribution is 2.40. The molecule has 0 saturated carbocycles. The smallest absolute Gasteiger partial charge is 0.127 e. The highest BCUT2D eigenvalue weighted by Gasteiger charge is 2.20. The predicted molar refractivity (Wildman–Crippen MR) is 123 cm³/mol. The molecule has 1 N–H and O–H groups in total. The minimum Gasteiger partial charge on any atom is -0.496 e. The van der Waals surface area contributed by atoms with Gasteiger partial charge in [0, 0.05) is 10.5 Å². The predicted octanol–water partition coefficient (Wildman–Crippen LogP) is 5.67. The van der Waals surface area contributed by atoms with Gasteiger partial charge < -0.3 is 9.84 Å². The molecule has 3 nitrogen and oxygen atoms in total. The monoisotopic (exact) mass is 416 g/mol. The number of fused-ring (bicyclic) bond motifs is 1. The Hall–Kier alpha value is -2.95. The van der Waals surface area contributed by atoms with Crippen molar-refractivity contribution in [3.8, 4) is 16.9 Å². The van der Waals surface area contributed by atoms with Gasteiger partial charge in [-0.15, -0.1) is 0 Å². The molecule has 1 unspecified atom stereocenters. The number of hydrogen-bond donors (Lipinski definition) is 1. The highest BCUT2D eigenvalue weighted by atomic mass is 32.2. The Morgan fingerprint density at radius 2 is 1.60 bits per heavy atom. The van der Waals surface area contributed by atoms with Crippen molar-refractivity contribution in [2.24, 2.45) is 0 Å². The van der Waals surface area contributed by atoms with Crippen molar-refractivity contribution >= 4 is 21.6 Å². The van der Waals surface area contributed by atoms with Gasteiger partial charge in [0.05, 0.1) is 29.8 Å². The van der Waals surface area contributed by atoms with Gasteiger partial charge in [-0.2, -0.15) is 0 Å². The van der Waals surface area contributed by atoms with Crippen molar-refractivity contribution in [2.45, 2.75) is 17.9 Å². The number of benzene rings is 4. The normalized spacial score (nSPS) is 13.2. The van der Waals surface area contributed by atoms with E-state index in [1.165, 1.54) is 0 Å². The van der Waals surface area contributed by atoms with E-state index in [0.29, 0.717) is 0 Å². The van der Waals surface area contributed by atoms with Gasteiger partial charge in [-0.25, -0.2) is 0 Å². The summed E-state index contributed by atoms with van der Waals surface area (Å²) < 4.78 is 18.5. The third-order valence-corrected chi connectivity index (χ3v) is 6.71. The quantitative estimate of drug-likeness (QED) is 0.441. The fourth-order valence-electron chi connectivity index (χ4n) is 3.73. The molecular formula is C26H24O3S. The molecule has 0 saturated heterocycles. The molecule has 0 aliphatic rings. The average Bonchev–Trinajstić information content (AvgIpc) is 2.78. The molecule has 0 spiro atoms. The summed E-state index contributed by atoms with van der Waals surface area (Å²) in [5, 5.41) is 13.2. The van der Waals surface area contributed by atoms with Crippen LogP contribution >= 0.6 is 0 Å². The molecule has 0 aliphatic carbocycles. The third-order valence-electron chi connectivity index (χ3n) is 5.29. The number of aliphatic hydroxyl groups excluding tert-OH is 1. The molecular weight excluding hydrogens is 392 g/mol. The maximum atomic E-state index is 12.8. The molecule has 4 aromatic carbocycles. The minimum absolute atomic E-state index is 0.132. The summed E-state index contributed by atoms with van der Waals surface area (Å²) in [6, 6.07) is 27.4. The standard InChI is InChI=1S/C26H24O3S/c1-18-11-14-20(15-12-18)30(28)17-24(27)22-9-5-6-10-23(22)26-21-8-4-3-7-19(21)13-16-25(26)29-2/h3-16,24,27H,17H2,1-2H3/t24-,30?/m0/s1. The van der Waals surface area contributed by atoms with Crippen molar-refractivity contribution in [3.63, 3.8) is 0 Å². The van der Waals surface area contributed by atoms with Gasteiger partial charge in [-0.1, -0.05) is 72.3 Å². The van der Waals surface area contributed by atoms with Crippen LogP contribution in [0.5, 0.6) is 5.75 Å². The SMILES string of the molecule is COc1ccc2ccccc2c1-c1ccccc1[C@@H](O)CS(=O)c1ccc(C)cc1. The molecule has 0 fully saturated rings. The zero-order valence-electron chi connectivity index (χ0n) is 17.0. The van der Waals surface area contributed by atoms with E-state index >= 15 is 0 Å². The molecule has 152 valence electrons. The van der Waals surface area contributed by atoms with Crippen LogP contribution in [0.4, 0.5) is 0 Å². The lowest BCUT2D eigenvalue weighted by Crippen LogP contribution is -2.10. The number of aliphatic hydroxyl groups is 1. The van der Waals surface area contributed by atoms with E-state index in [2.05, 4.69) is 12.1 Å². The summed E-state index contributed by atoms with van der Waals surface area (Å²) in [7, 11) is 0.349. The zero-order chi connectivity index (χ0) is 21.1.